The van der Waals surface area contributed by atoms with Gasteiger partial charge >= 0.3 is 5.97 Å². The molecule has 2 rings (SSSR count). The van der Waals surface area contributed by atoms with Crippen molar-refractivity contribution in [1.29, 1.82) is 0 Å². The quantitative estimate of drug-likeness (QED) is 0.874. The number of aryl methyl sites for hydroxylation is 1. The lowest BCUT2D eigenvalue weighted by Gasteiger charge is -2.29. The Hall–Kier alpha value is -0.940. The Morgan fingerprint density at radius 2 is 2.56 bits per heavy atom. The van der Waals surface area contributed by atoms with Gasteiger partial charge < -0.3 is 5.11 Å². The first kappa shape index (κ1) is 11.5. The number of aromatic nitrogens is 1. The molecule has 0 amide bonds. The summed E-state index contributed by atoms with van der Waals surface area (Å²) >= 11 is 1.65. The minimum Gasteiger partial charge on any atom is -0.481 e. The van der Waals surface area contributed by atoms with E-state index in [0.717, 1.165) is 36.6 Å². The van der Waals surface area contributed by atoms with Crippen LogP contribution in [0.4, 0.5) is 0 Å². The molecule has 4 nitrogen and oxygen atoms in total. The molecule has 16 heavy (non-hydrogen) atoms. The van der Waals surface area contributed by atoms with Gasteiger partial charge in [0.05, 0.1) is 12.5 Å². The number of nitrogens with zero attached hydrogens (tertiary/aromatic N) is 2. The van der Waals surface area contributed by atoms with Crippen LogP contribution in [0.3, 0.4) is 0 Å². The van der Waals surface area contributed by atoms with Gasteiger partial charge in [-0.25, -0.2) is 4.98 Å². The highest BCUT2D eigenvalue weighted by atomic mass is 32.1. The highest BCUT2D eigenvalue weighted by Gasteiger charge is 2.25. The molecule has 0 bridgehead atoms. The van der Waals surface area contributed by atoms with E-state index in [4.69, 9.17) is 5.11 Å². The SMILES string of the molecule is Cc1csc(CN2CCCC(C(=O)O)C2)n1. The first-order chi connectivity index (χ1) is 7.65. The fourth-order valence-electron chi connectivity index (χ4n) is 2.07. The summed E-state index contributed by atoms with van der Waals surface area (Å²) in [4.78, 5) is 17.5. The van der Waals surface area contributed by atoms with Crippen LogP contribution < -0.4 is 0 Å². The summed E-state index contributed by atoms with van der Waals surface area (Å²) in [5, 5.41) is 12.1. The molecular weight excluding hydrogens is 224 g/mol. The van der Waals surface area contributed by atoms with Crippen molar-refractivity contribution in [3.05, 3.63) is 16.1 Å². The monoisotopic (exact) mass is 240 g/mol. The summed E-state index contributed by atoms with van der Waals surface area (Å²) in [6.45, 7) is 4.43. The van der Waals surface area contributed by atoms with Crippen LogP contribution in [0.2, 0.25) is 0 Å². The number of hydrogen-bond donors (Lipinski definition) is 1. The molecule has 1 aromatic heterocycles. The fourth-order valence-corrected chi connectivity index (χ4v) is 2.88. The summed E-state index contributed by atoms with van der Waals surface area (Å²) in [6, 6.07) is 0. The molecule has 1 aromatic rings. The van der Waals surface area contributed by atoms with Crippen LogP contribution in [0.15, 0.2) is 5.38 Å². The first-order valence-electron chi connectivity index (χ1n) is 5.51. The number of carboxylic acids is 1. The third kappa shape index (κ3) is 2.80. The second-order valence-corrected chi connectivity index (χ2v) is 5.24. The van der Waals surface area contributed by atoms with Crippen molar-refractivity contribution in [2.45, 2.75) is 26.3 Å². The third-order valence-corrected chi connectivity index (χ3v) is 3.83. The van der Waals surface area contributed by atoms with Crippen molar-refractivity contribution in [3.8, 4) is 0 Å². The number of likely N-dealkylation sites (tertiary alicyclic amines) is 1. The van der Waals surface area contributed by atoms with E-state index in [1.807, 2.05) is 12.3 Å². The lowest BCUT2D eigenvalue weighted by Crippen LogP contribution is -2.38. The van der Waals surface area contributed by atoms with Crippen LogP contribution >= 0.6 is 11.3 Å². The molecule has 1 N–H and O–H groups in total. The molecule has 1 fully saturated rings. The number of aliphatic carboxylic acids is 1. The molecule has 2 heterocycles. The zero-order valence-corrected chi connectivity index (χ0v) is 10.2. The maximum absolute atomic E-state index is 10.9. The van der Waals surface area contributed by atoms with Gasteiger partial charge in [0.1, 0.15) is 5.01 Å². The Bertz CT molecular complexity index is 378. The molecule has 1 atom stereocenters. The molecule has 0 radical (unpaired) electrons. The average Bonchev–Trinajstić information content (AvgIpc) is 2.64. The van der Waals surface area contributed by atoms with Gasteiger partial charge in [-0.1, -0.05) is 0 Å². The first-order valence-corrected chi connectivity index (χ1v) is 6.39. The maximum Gasteiger partial charge on any atom is 0.307 e. The molecule has 0 aliphatic carbocycles. The van der Waals surface area contributed by atoms with Crippen LogP contribution in [-0.4, -0.2) is 34.0 Å². The van der Waals surface area contributed by atoms with E-state index < -0.39 is 5.97 Å². The van der Waals surface area contributed by atoms with Crippen LogP contribution in [0.5, 0.6) is 0 Å². The van der Waals surface area contributed by atoms with E-state index >= 15 is 0 Å². The van der Waals surface area contributed by atoms with E-state index in [9.17, 15) is 4.79 Å². The van der Waals surface area contributed by atoms with Crippen LogP contribution in [0, 0.1) is 12.8 Å². The summed E-state index contributed by atoms with van der Waals surface area (Å²) in [7, 11) is 0. The van der Waals surface area contributed by atoms with E-state index in [2.05, 4.69) is 9.88 Å². The van der Waals surface area contributed by atoms with Crippen molar-refractivity contribution in [2.75, 3.05) is 13.1 Å². The van der Waals surface area contributed by atoms with Gasteiger partial charge in [0.2, 0.25) is 0 Å². The predicted molar refractivity (Wildman–Crippen MR) is 62.5 cm³/mol. The minimum atomic E-state index is -0.667. The normalized spacial score (nSPS) is 22.2. The second-order valence-electron chi connectivity index (χ2n) is 4.30. The van der Waals surface area contributed by atoms with Crippen molar-refractivity contribution in [2.24, 2.45) is 5.92 Å². The van der Waals surface area contributed by atoms with Crippen LogP contribution in [0.1, 0.15) is 23.5 Å². The number of hydrogen-bond acceptors (Lipinski definition) is 4. The predicted octanol–water partition coefficient (Wildman–Crippen LogP) is 1.75. The number of carbonyl (C=O) groups is 1. The van der Waals surface area contributed by atoms with Crippen LogP contribution in [0.25, 0.3) is 0 Å². The number of piperidine rings is 1. The average molecular weight is 240 g/mol. The number of carboxylic acid groups (broad SMARTS) is 1. The molecule has 1 unspecified atom stereocenters. The third-order valence-electron chi connectivity index (χ3n) is 2.88. The Kier molecular flexibility index (Phi) is 3.56. The standard InChI is InChI=1S/C11H16N2O2S/c1-8-7-16-10(12-8)6-13-4-2-3-9(5-13)11(14)15/h7,9H,2-6H2,1H3,(H,14,15). The highest BCUT2D eigenvalue weighted by Crippen LogP contribution is 2.20. The molecule has 5 heteroatoms. The summed E-state index contributed by atoms with van der Waals surface area (Å²) < 4.78 is 0. The van der Waals surface area contributed by atoms with E-state index in [1.165, 1.54) is 0 Å². The summed E-state index contributed by atoms with van der Waals surface area (Å²) in [5.74, 6) is -0.866. The second kappa shape index (κ2) is 4.93. The maximum atomic E-state index is 10.9. The molecule has 0 saturated carbocycles. The van der Waals surface area contributed by atoms with Gasteiger partial charge in [-0.2, -0.15) is 0 Å². The Balaban J connectivity index is 1.92. The summed E-state index contributed by atoms with van der Waals surface area (Å²) in [6.07, 6.45) is 1.78. The molecule has 88 valence electrons. The van der Waals surface area contributed by atoms with E-state index in [-0.39, 0.29) is 5.92 Å². The molecule has 0 aromatic carbocycles. The molecule has 1 aliphatic heterocycles. The van der Waals surface area contributed by atoms with Gasteiger partial charge in [0, 0.05) is 17.6 Å². The largest absolute Gasteiger partial charge is 0.481 e. The number of thiazole rings is 1. The lowest BCUT2D eigenvalue weighted by atomic mass is 9.98. The van der Waals surface area contributed by atoms with E-state index in [1.54, 1.807) is 11.3 Å². The molecule has 0 spiro atoms. The Morgan fingerprint density at radius 3 is 3.19 bits per heavy atom. The van der Waals surface area contributed by atoms with Crippen molar-refractivity contribution in [1.82, 2.24) is 9.88 Å². The van der Waals surface area contributed by atoms with Crippen LogP contribution in [-0.2, 0) is 11.3 Å². The zero-order valence-electron chi connectivity index (χ0n) is 9.35. The smallest absolute Gasteiger partial charge is 0.307 e. The lowest BCUT2D eigenvalue weighted by molar-refractivity contribution is -0.143. The Morgan fingerprint density at radius 1 is 1.75 bits per heavy atom. The summed E-state index contributed by atoms with van der Waals surface area (Å²) in [5.41, 5.74) is 1.05. The van der Waals surface area contributed by atoms with Crippen molar-refractivity contribution >= 4 is 17.3 Å². The molecular formula is C11H16N2O2S. The van der Waals surface area contributed by atoms with Crippen molar-refractivity contribution < 1.29 is 9.90 Å². The van der Waals surface area contributed by atoms with Gasteiger partial charge in [-0.3, -0.25) is 9.69 Å². The minimum absolute atomic E-state index is 0.199. The van der Waals surface area contributed by atoms with Crippen molar-refractivity contribution in [3.63, 3.8) is 0 Å². The topological polar surface area (TPSA) is 53.4 Å². The zero-order chi connectivity index (χ0) is 11.5. The Labute approximate surface area is 98.9 Å². The van der Waals surface area contributed by atoms with Gasteiger partial charge in [0.25, 0.3) is 0 Å². The molecule has 1 aliphatic rings. The number of rotatable bonds is 3. The molecule has 1 saturated heterocycles. The highest BCUT2D eigenvalue weighted by molar-refractivity contribution is 7.09. The van der Waals surface area contributed by atoms with E-state index in [0.29, 0.717) is 6.54 Å². The van der Waals surface area contributed by atoms with Gasteiger partial charge in [-0.15, -0.1) is 11.3 Å². The van der Waals surface area contributed by atoms with Gasteiger partial charge in [-0.05, 0) is 26.3 Å². The van der Waals surface area contributed by atoms with Gasteiger partial charge in [0.15, 0.2) is 0 Å². The fraction of sp³-hybridized carbons (Fsp3) is 0.636.